The summed E-state index contributed by atoms with van der Waals surface area (Å²) in [6.07, 6.45) is 0. The van der Waals surface area contributed by atoms with E-state index in [1.54, 1.807) is 14.2 Å². The second-order valence-electron chi connectivity index (χ2n) is 4.69. The van der Waals surface area contributed by atoms with Crippen LogP contribution in [0.5, 0.6) is 17.2 Å². The van der Waals surface area contributed by atoms with E-state index in [9.17, 15) is 0 Å². The van der Waals surface area contributed by atoms with Gasteiger partial charge < -0.3 is 14.2 Å². The lowest BCUT2D eigenvalue weighted by molar-refractivity contribution is 0.276. The van der Waals surface area contributed by atoms with Crippen molar-refractivity contribution in [3.63, 3.8) is 0 Å². The molecule has 0 spiro atoms. The molecule has 0 fully saturated rings. The lowest BCUT2D eigenvalue weighted by Gasteiger charge is -2.15. The summed E-state index contributed by atoms with van der Waals surface area (Å²) in [4.78, 5) is 0. The molecule has 21 heavy (non-hydrogen) atoms. The van der Waals surface area contributed by atoms with E-state index in [-0.39, 0.29) is 0 Å². The molecule has 0 aliphatic heterocycles. The van der Waals surface area contributed by atoms with Crippen molar-refractivity contribution in [2.24, 2.45) is 0 Å². The summed E-state index contributed by atoms with van der Waals surface area (Å²) in [6, 6.07) is 11.9. The molecule has 0 unspecified atom stereocenters. The minimum absolute atomic E-state index is 0.436. The van der Waals surface area contributed by atoms with E-state index in [2.05, 4.69) is 28.9 Å². The van der Waals surface area contributed by atoms with E-state index in [0.29, 0.717) is 11.9 Å². The minimum atomic E-state index is 0.436. The monoisotopic (exact) mass is 350 g/mol. The quantitative estimate of drug-likeness (QED) is 0.718. The molecular weight excluding hydrogens is 332 g/mol. The van der Waals surface area contributed by atoms with Crippen LogP contribution in [0.1, 0.15) is 16.7 Å². The lowest BCUT2D eigenvalue weighted by Crippen LogP contribution is -2.02. The number of methoxy groups -OCH3 is 2. The molecule has 0 amide bonds. The Bertz CT molecular complexity index is 589. The number of aryl methyl sites for hydroxylation is 1. The first kappa shape index (κ1) is 15.7. The third-order valence-corrected chi connectivity index (χ3v) is 3.84. The van der Waals surface area contributed by atoms with Crippen LogP contribution in [0.25, 0.3) is 0 Å². The highest BCUT2D eigenvalue weighted by atomic mass is 79.9. The molecule has 2 aromatic rings. The highest BCUT2D eigenvalue weighted by molar-refractivity contribution is 9.08. The summed E-state index contributed by atoms with van der Waals surface area (Å²) in [6.45, 7) is 2.49. The van der Waals surface area contributed by atoms with Crippen molar-refractivity contribution in [3.8, 4) is 17.2 Å². The van der Waals surface area contributed by atoms with Crippen LogP contribution in [-0.4, -0.2) is 14.2 Å². The van der Waals surface area contributed by atoms with E-state index in [4.69, 9.17) is 14.2 Å². The third-order valence-electron chi connectivity index (χ3n) is 3.23. The number of alkyl halides is 1. The predicted octanol–water partition coefficient (Wildman–Crippen LogP) is 4.49. The van der Waals surface area contributed by atoms with Gasteiger partial charge in [-0.15, -0.1) is 0 Å². The Labute approximate surface area is 134 Å². The van der Waals surface area contributed by atoms with Crippen molar-refractivity contribution in [3.05, 3.63) is 53.1 Å². The Morgan fingerprint density at radius 2 is 1.71 bits per heavy atom. The smallest absolute Gasteiger partial charge is 0.165 e. The molecule has 0 N–H and O–H groups in total. The van der Waals surface area contributed by atoms with Crippen molar-refractivity contribution >= 4 is 15.9 Å². The Kier molecular flexibility index (Phi) is 5.51. The van der Waals surface area contributed by atoms with Gasteiger partial charge in [-0.1, -0.05) is 39.7 Å². The van der Waals surface area contributed by atoms with Crippen LogP contribution >= 0.6 is 15.9 Å². The first-order valence-corrected chi connectivity index (χ1v) is 7.80. The van der Waals surface area contributed by atoms with Gasteiger partial charge in [0.15, 0.2) is 11.5 Å². The van der Waals surface area contributed by atoms with Crippen LogP contribution < -0.4 is 14.2 Å². The van der Waals surface area contributed by atoms with Gasteiger partial charge in [0.05, 0.1) is 14.2 Å². The fraction of sp³-hybridized carbons (Fsp3) is 0.294. The van der Waals surface area contributed by atoms with E-state index in [0.717, 1.165) is 28.4 Å². The molecule has 4 heteroatoms. The molecule has 0 aromatic heterocycles. The summed E-state index contributed by atoms with van der Waals surface area (Å²) in [5.41, 5.74) is 3.25. The van der Waals surface area contributed by atoms with Crippen LogP contribution in [0, 0.1) is 6.92 Å². The molecular formula is C17H19BrO3. The number of rotatable bonds is 6. The summed E-state index contributed by atoms with van der Waals surface area (Å²) in [5.74, 6) is 2.33. The molecule has 0 saturated heterocycles. The average Bonchev–Trinajstić information content (AvgIpc) is 2.52. The molecule has 0 aliphatic carbocycles. The Morgan fingerprint density at radius 1 is 0.952 bits per heavy atom. The van der Waals surface area contributed by atoms with Crippen LogP contribution in [0.3, 0.4) is 0 Å². The van der Waals surface area contributed by atoms with Gasteiger partial charge >= 0.3 is 0 Å². The Hall–Kier alpha value is -1.68. The molecule has 0 atom stereocenters. The van der Waals surface area contributed by atoms with Crippen molar-refractivity contribution in [1.29, 1.82) is 0 Å². The summed E-state index contributed by atoms with van der Waals surface area (Å²) in [5, 5.41) is 0.713. The number of ether oxygens (including phenoxy) is 3. The molecule has 2 aromatic carbocycles. The fourth-order valence-electron chi connectivity index (χ4n) is 2.16. The molecule has 0 saturated carbocycles. The average molecular weight is 351 g/mol. The number of benzene rings is 2. The minimum Gasteiger partial charge on any atom is -0.496 e. The van der Waals surface area contributed by atoms with Crippen LogP contribution in [0.4, 0.5) is 0 Å². The van der Waals surface area contributed by atoms with Gasteiger partial charge in [-0.2, -0.15) is 0 Å². The van der Waals surface area contributed by atoms with Crippen molar-refractivity contribution < 1.29 is 14.2 Å². The van der Waals surface area contributed by atoms with Crippen LogP contribution in [0.15, 0.2) is 36.4 Å². The maximum Gasteiger partial charge on any atom is 0.165 e. The summed E-state index contributed by atoms with van der Waals surface area (Å²) >= 11 is 3.48. The standard InChI is InChI=1S/C17H19BrO3/c1-12-7-8-15(19-2)14(9-12)11-21-17-13(10-18)5-4-6-16(17)20-3/h4-9H,10-11H2,1-3H3. The van der Waals surface area contributed by atoms with E-state index < -0.39 is 0 Å². The van der Waals surface area contributed by atoms with Crippen molar-refractivity contribution in [2.45, 2.75) is 18.9 Å². The van der Waals surface area contributed by atoms with Gasteiger partial charge in [0.2, 0.25) is 0 Å². The summed E-state index contributed by atoms with van der Waals surface area (Å²) in [7, 11) is 3.31. The Morgan fingerprint density at radius 3 is 2.38 bits per heavy atom. The molecule has 2 rings (SSSR count). The first-order chi connectivity index (χ1) is 10.2. The number of hydrogen-bond donors (Lipinski definition) is 0. The second kappa shape index (κ2) is 7.36. The largest absolute Gasteiger partial charge is 0.496 e. The molecule has 112 valence electrons. The lowest BCUT2D eigenvalue weighted by atomic mass is 10.1. The summed E-state index contributed by atoms with van der Waals surface area (Å²) < 4.78 is 16.8. The zero-order valence-corrected chi connectivity index (χ0v) is 14.1. The van der Waals surface area contributed by atoms with Gasteiger partial charge in [-0.05, 0) is 25.1 Å². The zero-order chi connectivity index (χ0) is 15.2. The molecule has 0 aliphatic rings. The second-order valence-corrected chi connectivity index (χ2v) is 5.25. The van der Waals surface area contributed by atoms with Gasteiger partial charge in [0, 0.05) is 16.5 Å². The molecule has 0 heterocycles. The van der Waals surface area contributed by atoms with E-state index in [1.807, 2.05) is 30.3 Å². The third kappa shape index (κ3) is 3.70. The molecule has 3 nitrogen and oxygen atoms in total. The SMILES string of the molecule is COc1ccc(C)cc1COc1c(CBr)cccc1OC. The van der Waals surface area contributed by atoms with Crippen LogP contribution in [0.2, 0.25) is 0 Å². The van der Waals surface area contributed by atoms with Crippen molar-refractivity contribution in [2.75, 3.05) is 14.2 Å². The fourth-order valence-corrected chi connectivity index (χ4v) is 2.60. The zero-order valence-electron chi connectivity index (χ0n) is 12.5. The van der Waals surface area contributed by atoms with Crippen molar-refractivity contribution in [1.82, 2.24) is 0 Å². The highest BCUT2D eigenvalue weighted by Crippen LogP contribution is 2.33. The maximum atomic E-state index is 6.00. The van der Waals surface area contributed by atoms with Gasteiger partial charge in [-0.25, -0.2) is 0 Å². The van der Waals surface area contributed by atoms with Gasteiger partial charge in [0.25, 0.3) is 0 Å². The molecule has 0 bridgehead atoms. The first-order valence-electron chi connectivity index (χ1n) is 6.67. The molecule has 0 radical (unpaired) electrons. The topological polar surface area (TPSA) is 27.7 Å². The van der Waals surface area contributed by atoms with E-state index >= 15 is 0 Å². The van der Waals surface area contributed by atoms with Gasteiger partial charge in [0.1, 0.15) is 12.4 Å². The number of para-hydroxylation sites is 1. The predicted molar refractivity (Wildman–Crippen MR) is 87.7 cm³/mol. The normalized spacial score (nSPS) is 10.3. The Balaban J connectivity index is 2.26. The number of hydrogen-bond acceptors (Lipinski definition) is 3. The van der Waals surface area contributed by atoms with Crippen LogP contribution in [-0.2, 0) is 11.9 Å². The van der Waals surface area contributed by atoms with E-state index in [1.165, 1.54) is 5.56 Å². The number of halogens is 1. The van der Waals surface area contributed by atoms with Gasteiger partial charge in [-0.3, -0.25) is 0 Å². The highest BCUT2D eigenvalue weighted by Gasteiger charge is 2.11. The maximum absolute atomic E-state index is 6.00.